The van der Waals surface area contributed by atoms with Gasteiger partial charge in [-0.2, -0.15) is 0 Å². The number of rotatable bonds is 10. The van der Waals surface area contributed by atoms with Crippen LogP contribution in [0.15, 0.2) is 60.7 Å². The zero-order chi connectivity index (χ0) is 28.4. The topological polar surface area (TPSA) is 35.5 Å². The Morgan fingerprint density at radius 1 is 0.975 bits per heavy atom. The van der Waals surface area contributed by atoms with Crippen molar-refractivity contribution in [1.29, 1.82) is 0 Å². The van der Waals surface area contributed by atoms with E-state index in [9.17, 15) is 13.6 Å². The van der Waals surface area contributed by atoms with E-state index in [1.165, 1.54) is 13.2 Å². The van der Waals surface area contributed by atoms with Crippen molar-refractivity contribution in [1.82, 2.24) is 0 Å². The molecule has 0 saturated heterocycles. The molecule has 0 aliphatic heterocycles. The van der Waals surface area contributed by atoms with Crippen molar-refractivity contribution in [3.8, 4) is 16.9 Å². The minimum absolute atomic E-state index is 0.0107. The molecule has 3 aromatic rings. The Hall–Kier alpha value is -3.28. The van der Waals surface area contributed by atoms with Gasteiger partial charge in [-0.05, 0) is 95.4 Å². The van der Waals surface area contributed by atoms with Gasteiger partial charge in [0.15, 0.2) is 0 Å². The van der Waals surface area contributed by atoms with Crippen molar-refractivity contribution in [2.75, 3.05) is 7.11 Å². The maximum Gasteiger partial charge on any atom is 0.306 e. The lowest BCUT2D eigenvalue weighted by Gasteiger charge is -2.30. The smallest absolute Gasteiger partial charge is 0.306 e. The number of halogens is 3. The van der Waals surface area contributed by atoms with Gasteiger partial charge in [0.25, 0.3) is 6.43 Å². The Morgan fingerprint density at radius 2 is 1.77 bits per heavy atom. The molecule has 0 spiro atoms. The number of alkyl halides is 2. The third-order valence-corrected chi connectivity index (χ3v) is 8.78. The van der Waals surface area contributed by atoms with E-state index in [2.05, 4.69) is 19.9 Å². The highest BCUT2D eigenvalue weighted by Gasteiger charge is 2.37. The molecule has 0 N–H and O–H groups in total. The number of carbonyl (C=O) groups excluding carboxylic acids is 1. The molecule has 2 aliphatic rings. The van der Waals surface area contributed by atoms with E-state index < -0.39 is 12.2 Å². The van der Waals surface area contributed by atoms with E-state index in [0.29, 0.717) is 24.5 Å². The molecule has 0 unspecified atom stereocenters. The van der Waals surface area contributed by atoms with Gasteiger partial charge in [-0.25, -0.2) is 13.2 Å². The standard InChI is InChI=1S/C34H37F3O3/c1-34(2)15-5-8-30(34)28-16-21(9-13-26(28)29-18-24(33(36)37)12-14-31(29)35)20-40-25-7-4-6-23(17-25)27(22-10-11-22)19-32(38)39-3/h4,6-7,9,12-14,16-18,22,27,30,33H,5,8,10-11,15,19-20H2,1-3H3/t27-,30-/m0/s1. The van der Waals surface area contributed by atoms with Crippen molar-refractivity contribution in [2.45, 2.75) is 77.2 Å². The second kappa shape index (κ2) is 11.7. The summed E-state index contributed by atoms with van der Waals surface area (Å²) in [6, 6.07) is 17.3. The van der Waals surface area contributed by atoms with Crippen LogP contribution in [-0.2, 0) is 16.1 Å². The third kappa shape index (κ3) is 6.21. The lowest BCUT2D eigenvalue weighted by Crippen LogP contribution is -2.17. The fraction of sp³-hybridized carbons (Fsp3) is 0.441. The predicted octanol–water partition coefficient (Wildman–Crippen LogP) is 9.36. The Bertz CT molecular complexity index is 1360. The van der Waals surface area contributed by atoms with Crippen molar-refractivity contribution >= 4 is 5.97 Å². The molecule has 6 heteroatoms. The third-order valence-electron chi connectivity index (χ3n) is 8.78. The monoisotopic (exact) mass is 550 g/mol. The number of benzene rings is 3. The minimum Gasteiger partial charge on any atom is -0.489 e. The van der Waals surface area contributed by atoms with Crippen LogP contribution in [0, 0.1) is 17.2 Å². The molecule has 212 valence electrons. The average molecular weight is 551 g/mol. The van der Waals surface area contributed by atoms with E-state index in [1.807, 2.05) is 36.4 Å². The van der Waals surface area contributed by atoms with Crippen LogP contribution in [0.2, 0.25) is 0 Å². The molecule has 5 rings (SSSR count). The largest absolute Gasteiger partial charge is 0.489 e. The van der Waals surface area contributed by atoms with Gasteiger partial charge in [0.05, 0.1) is 13.5 Å². The van der Waals surface area contributed by atoms with Crippen LogP contribution in [0.4, 0.5) is 13.2 Å². The number of hydrogen-bond donors (Lipinski definition) is 0. The first-order chi connectivity index (χ1) is 19.2. The summed E-state index contributed by atoms with van der Waals surface area (Å²) in [6.45, 7) is 4.76. The Labute approximate surface area is 234 Å². The van der Waals surface area contributed by atoms with E-state index in [-0.39, 0.29) is 34.3 Å². The predicted molar refractivity (Wildman–Crippen MR) is 150 cm³/mol. The molecule has 0 radical (unpaired) electrons. The number of esters is 1. The molecule has 2 saturated carbocycles. The Balaban J connectivity index is 1.43. The van der Waals surface area contributed by atoms with Gasteiger partial charge < -0.3 is 9.47 Å². The molecule has 2 atom stereocenters. The van der Waals surface area contributed by atoms with Crippen LogP contribution in [0.3, 0.4) is 0 Å². The second-order valence-electron chi connectivity index (χ2n) is 12.0. The molecule has 3 aromatic carbocycles. The van der Waals surface area contributed by atoms with Crippen LogP contribution in [0.25, 0.3) is 11.1 Å². The lowest BCUT2D eigenvalue weighted by atomic mass is 9.75. The number of ether oxygens (including phenoxy) is 2. The van der Waals surface area contributed by atoms with Gasteiger partial charge >= 0.3 is 5.97 Å². The lowest BCUT2D eigenvalue weighted by molar-refractivity contribution is -0.141. The summed E-state index contributed by atoms with van der Waals surface area (Å²) in [5.41, 5.74) is 3.70. The Morgan fingerprint density at radius 3 is 2.45 bits per heavy atom. The van der Waals surface area contributed by atoms with Gasteiger partial charge in [0.2, 0.25) is 0 Å². The summed E-state index contributed by atoms with van der Waals surface area (Å²) < 4.78 is 53.1. The molecule has 0 aromatic heterocycles. The molecule has 3 nitrogen and oxygen atoms in total. The number of carbonyl (C=O) groups is 1. The molecule has 0 heterocycles. The maximum atomic E-state index is 15.0. The van der Waals surface area contributed by atoms with Gasteiger partial charge in [-0.1, -0.05) is 56.7 Å². The molecule has 2 fully saturated rings. The number of hydrogen-bond acceptors (Lipinski definition) is 3. The quantitative estimate of drug-likeness (QED) is 0.236. The Kier molecular flexibility index (Phi) is 8.25. The van der Waals surface area contributed by atoms with E-state index >= 15 is 4.39 Å². The average Bonchev–Trinajstić information content (AvgIpc) is 3.72. The molecule has 0 amide bonds. The van der Waals surface area contributed by atoms with E-state index in [4.69, 9.17) is 9.47 Å². The van der Waals surface area contributed by atoms with Crippen molar-refractivity contribution in [3.05, 3.63) is 88.7 Å². The fourth-order valence-corrected chi connectivity index (χ4v) is 6.34. The van der Waals surface area contributed by atoms with Gasteiger partial charge in [0.1, 0.15) is 18.2 Å². The summed E-state index contributed by atoms with van der Waals surface area (Å²) >= 11 is 0. The van der Waals surface area contributed by atoms with Gasteiger partial charge in [-0.15, -0.1) is 0 Å². The summed E-state index contributed by atoms with van der Waals surface area (Å²) in [4.78, 5) is 12.0. The normalized spacial score (nSPS) is 19.0. The zero-order valence-corrected chi connectivity index (χ0v) is 23.4. The van der Waals surface area contributed by atoms with E-state index in [1.54, 1.807) is 0 Å². The molecular weight excluding hydrogens is 513 g/mol. The first-order valence-corrected chi connectivity index (χ1v) is 14.2. The first kappa shape index (κ1) is 28.3. The fourth-order valence-electron chi connectivity index (χ4n) is 6.34. The van der Waals surface area contributed by atoms with Crippen molar-refractivity contribution in [2.24, 2.45) is 11.3 Å². The van der Waals surface area contributed by atoms with Crippen LogP contribution >= 0.6 is 0 Å². The second-order valence-corrected chi connectivity index (χ2v) is 12.0. The van der Waals surface area contributed by atoms with Crippen molar-refractivity contribution in [3.63, 3.8) is 0 Å². The van der Waals surface area contributed by atoms with Gasteiger partial charge in [0, 0.05) is 11.1 Å². The summed E-state index contributed by atoms with van der Waals surface area (Å²) in [7, 11) is 1.42. The van der Waals surface area contributed by atoms with Crippen LogP contribution in [0.1, 0.15) is 92.9 Å². The summed E-state index contributed by atoms with van der Waals surface area (Å²) in [5.74, 6) is 0.794. The molecule has 40 heavy (non-hydrogen) atoms. The summed E-state index contributed by atoms with van der Waals surface area (Å²) in [5, 5.41) is 0. The molecular formula is C34H37F3O3. The number of methoxy groups -OCH3 is 1. The zero-order valence-electron chi connectivity index (χ0n) is 23.4. The van der Waals surface area contributed by atoms with Gasteiger partial charge in [-0.3, -0.25) is 4.79 Å². The maximum absolute atomic E-state index is 15.0. The van der Waals surface area contributed by atoms with E-state index in [0.717, 1.165) is 66.7 Å². The summed E-state index contributed by atoms with van der Waals surface area (Å²) in [6.07, 6.45) is 3.00. The SMILES string of the molecule is COC(=O)C[C@H](c1cccc(OCc2ccc(-c3cc(C(F)F)ccc3F)c([C@@H]3CCCC3(C)C)c2)c1)C1CC1. The highest BCUT2D eigenvalue weighted by atomic mass is 19.3. The van der Waals surface area contributed by atoms with Crippen LogP contribution in [0.5, 0.6) is 5.75 Å². The minimum atomic E-state index is -2.67. The molecule has 2 aliphatic carbocycles. The van der Waals surface area contributed by atoms with Crippen LogP contribution in [-0.4, -0.2) is 13.1 Å². The van der Waals surface area contributed by atoms with Crippen molar-refractivity contribution < 1.29 is 27.4 Å². The highest BCUT2D eigenvalue weighted by Crippen LogP contribution is 2.51. The van der Waals surface area contributed by atoms with Crippen LogP contribution < -0.4 is 4.74 Å². The first-order valence-electron chi connectivity index (χ1n) is 14.2. The molecule has 0 bridgehead atoms. The highest BCUT2D eigenvalue weighted by molar-refractivity contribution is 5.71.